The number of sulfonamides is 1. The summed E-state index contributed by atoms with van der Waals surface area (Å²) in [6, 6.07) is 25.7. The van der Waals surface area contributed by atoms with Gasteiger partial charge in [-0.25, -0.2) is 8.42 Å². The van der Waals surface area contributed by atoms with Crippen molar-refractivity contribution in [3.63, 3.8) is 0 Å². The molecular formula is C28H32N2O4S. The Kier molecular flexibility index (Phi) is 8.21. The predicted octanol–water partition coefficient (Wildman–Crippen LogP) is 4.11. The van der Waals surface area contributed by atoms with Gasteiger partial charge in [0.2, 0.25) is 15.9 Å². The van der Waals surface area contributed by atoms with Crippen LogP contribution in [-0.2, 0) is 27.8 Å². The van der Waals surface area contributed by atoms with Gasteiger partial charge in [-0.2, -0.15) is 4.31 Å². The molecule has 1 aliphatic rings. The Morgan fingerprint density at radius 3 is 2.26 bits per heavy atom. The molecule has 0 aliphatic carbocycles. The molecule has 184 valence electrons. The maximum atomic E-state index is 12.9. The number of nitrogens with zero attached hydrogens (tertiary/aromatic N) is 1. The average molecular weight is 493 g/mol. The molecule has 0 unspecified atom stereocenters. The van der Waals surface area contributed by atoms with Crippen molar-refractivity contribution in [3.05, 3.63) is 101 Å². The molecule has 0 bridgehead atoms. The summed E-state index contributed by atoms with van der Waals surface area (Å²) in [4.78, 5) is 12.7. The fraction of sp³-hybridized carbons (Fsp3) is 0.321. The minimum atomic E-state index is -3.40. The lowest BCUT2D eigenvalue weighted by molar-refractivity contribution is -0.121. The van der Waals surface area contributed by atoms with Crippen molar-refractivity contribution >= 4 is 15.9 Å². The van der Waals surface area contributed by atoms with Crippen molar-refractivity contribution in [2.24, 2.45) is 0 Å². The molecule has 1 N–H and O–H groups in total. The van der Waals surface area contributed by atoms with Crippen LogP contribution in [0, 0.1) is 0 Å². The molecule has 0 fully saturated rings. The second kappa shape index (κ2) is 11.5. The standard InChI is InChI=1S/C28H32N2O4S/c1-34-26-14-13-25-21-30(17-15-24(25)19-26)35(32,33)18-8-16-29-28(31)20-27(22-9-4-2-5-10-22)23-11-6-3-7-12-23/h2-7,9-14,19,27H,8,15-18,20-21H2,1H3,(H,29,31). The number of hydrogen-bond acceptors (Lipinski definition) is 4. The van der Waals surface area contributed by atoms with E-state index in [0.717, 1.165) is 28.0 Å². The summed E-state index contributed by atoms with van der Waals surface area (Å²) in [6.07, 6.45) is 1.36. The summed E-state index contributed by atoms with van der Waals surface area (Å²) in [7, 11) is -1.77. The first kappa shape index (κ1) is 24.9. The third kappa shape index (κ3) is 6.50. The van der Waals surface area contributed by atoms with E-state index in [2.05, 4.69) is 5.32 Å². The van der Waals surface area contributed by atoms with Crippen LogP contribution in [0.25, 0.3) is 0 Å². The molecule has 3 aromatic carbocycles. The van der Waals surface area contributed by atoms with Gasteiger partial charge in [0, 0.05) is 32.0 Å². The van der Waals surface area contributed by atoms with Crippen LogP contribution >= 0.6 is 0 Å². The Bertz CT molecular complexity index is 1190. The lowest BCUT2D eigenvalue weighted by atomic mass is 9.88. The van der Waals surface area contributed by atoms with E-state index in [4.69, 9.17) is 4.74 Å². The highest BCUT2D eigenvalue weighted by atomic mass is 32.2. The zero-order chi connectivity index (χ0) is 24.7. The van der Waals surface area contributed by atoms with Gasteiger partial charge in [0.15, 0.2) is 0 Å². The molecule has 3 aromatic rings. The van der Waals surface area contributed by atoms with Crippen LogP contribution in [0.15, 0.2) is 78.9 Å². The summed E-state index contributed by atoms with van der Waals surface area (Å²) in [5.74, 6) is 0.672. The number of ether oxygens (including phenoxy) is 1. The van der Waals surface area contributed by atoms with Crippen molar-refractivity contribution in [1.29, 1.82) is 0 Å². The summed E-state index contributed by atoms with van der Waals surface area (Å²) in [6.45, 7) is 1.17. The summed E-state index contributed by atoms with van der Waals surface area (Å²) < 4.78 is 32.6. The Hall–Kier alpha value is -3.16. The molecule has 0 radical (unpaired) electrons. The van der Waals surface area contributed by atoms with E-state index in [0.29, 0.717) is 38.9 Å². The molecular weight excluding hydrogens is 460 g/mol. The first-order valence-electron chi connectivity index (χ1n) is 12.0. The molecule has 35 heavy (non-hydrogen) atoms. The summed E-state index contributed by atoms with van der Waals surface area (Å²) in [5.41, 5.74) is 4.31. The quantitative estimate of drug-likeness (QED) is 0.432. The highest BCUT2D eigenvalue weighted by Gasteiger charge is 2.26. The van der Waals surface area contributed by atoms with Gasteiger partial charge in [-0.05, 0) is 47.2 Å². The van der Waals surface area contributed by atoms with Gasteiger partial charge in [0.05, 0.1) is 12.9 Å². The van der Waals surface area contributed by atoms with E-state index >= 15 is 0 Å². The molecule has 0 aromatic heterocycles. The van der Waals surface area contributed by atoms with Crippen molar-refractivity contribution in [2.75, 3.05) is 26.0 Å². The van der Waals surface area contributed by atoms with Gasteiger partial charge in [0.25, 0.3) is 0 Å². The molecule has 6 nitrogen and oxygen atoms in total. The molecule has 1 amide bonds. The van der Waals surface area contributed by atoms with E-state index in [1.165, 1.54) is 0 Å². The fourth-order valence-electron chi connectivity index (χ4n) is 4.54. The van der Waals surface area contributed by atoms with Gasteiger partial charge in [0.1, 0.15) is 5.75 Å². The molecule has 0 spiro atoms. The molecule has 0 saturated carbocycles. The zero-order valence-corrected chi connectivity index (χ0v) is 20.8. The lowest BCUT2D eigenvalue weighted by Crippen LogP contribution is -2.38. The summed E-state index contributed by atoms with van der Waals surface area (Å²) in [5, 5.41) is 2.92. The third-order valence-electron chi connectivity index (χ3n) is 6.48. The van der Waals surface area contributed by atoms with Crippen LogP contribution < -0.4 is 10.1 Å². The number of methoxy groups -OCH3 is 1. The third-order valence-corrected chi connectivity index (χ3v) is 8.38. The molecule has 1 aliphatic heterocycles. The van der Waals surface area contributed by atoms with Gasteiger partial charge >= 0.3 is 0 Å². The lowest BCUT2D eigenvalue weighted by Gasteiger charge is -2.28. The number of benzene rings is 3. The Morgan fingerprint density at radius 1 is 0.971 bits per heavy atom. The van der Waals surface area contributed by atoms with E-state index in [9.17, 15) is 13.2 Å². The SMILES string of the molecule is COc1ccc2c(c1)CCN(S(=O)(=O)CCCNC(=O)CC(c1ccccc1)c1ccccc1)C2. The van der Waals surface area contributed by atoms with Crippen LogP contribution in [0.2, 0.25) is 0 Å². The predicted molar refractivity (Wildman–Crippen MR) is 138 cm³/mol. The fourth-order valence-corrected chi connectivity index (χ4v) is 6.01. The number of amides is 1. The van der Waals surface area contributed by atoms with E-state index in [-0.39, 0.29) is 17.6 Å². The van der Waals surface area contributed by atoms with Crippen LogP contribution in [0.4, 0.5) is 0 Å². The largest absolute Gasteiger partial charge is 0.497 e. The van der Waals surface area contributed by atoms with Gasteiger partial charge < -0.3 is 10.1 Å². The smallest absolute Gasteiger partial charge is 0.220 e. The highest BCUT2D eigenvalue weighted by Crippen LogP contribution is 2.28. The minimum Gasteiger partial charge on any atom is -0.497 e. The first-order valence-corrected chi connectivity index (χ1v) is 13.6. The van der Waals surface area contributed by atoms with E-state index < -0.39 is 10.0 Å². The number of carbonyl (C=O) groups excluding carboxylic acids is 1. The second-order valence-electron chi connectivity index (χ2n) is 8.82. The second-order valence-corrected chi connectivity index (χ2v) is 10.9. The first-order chi connectivity index (χ1) is 17.0. The maximum absolute atomic E-state index is 12.9. The number of hydrogen-bond donors (Lipinski definition) is 1. The highest BCUT2D eigenvalue weighted by molar-refractivity contribution is 7.89. The number of carbonyl (C=O) groups is 1. The van der Waals surface area contributed by atoms with Crippen molar-refractivity contribution in [3.8, 4) is 5.75 Å². The molecule has 1 heterocycles. The number of fused-ring (bicyclic) bond motifs is 1. The zero-order valence-electron chi connectivity index (χ0n) is 20.0. The number of nitrogens with one attached hydrogen (secondary N) is 1. The van der Waals surface area contributed by atoms with Gasteiger partial charge in [-0.3, -0.25) is 4.79 Å². The normalized spacial score (nSPS) is 13.9. The maximum Gasteiger partial charge on any atom is 0.220 e. The summed E-state index contributed by atoms with van der Waals surface area (Å²) >= 11 is 0. The molecule has 7 heteroatoms. The van der Waals surface area contributed by atoms with Crippen molar-refractivity contribution < 1.29 is 17.9 Å². The van der Waals surface area contributed by atoms with Crippen LogP contribution in [0.3, 0.4) is 0 Å². The Balaban J connectivity index is 1.29. The van der Waals surface area contributed by atoms with Gasteiger partial charge in [-0.1, -0.05) is 66.7 Å². The van der Waals surface area contributed by atoms with Crippen molar-refractivity contribution in [1.82, 2.24) is 9.62 Å². The van der Waals surface area contributed by atoms with Crippen molar-refractivity contribution in [2.45, 2.75) is 31.7 Å². The van der Waals surface area contributed by atoms with Crippen LogP contribution in [0.5, 0.6) is 5.75 Å². The topological polar surface area (TPSA) is 75.7 Å². The average Bonchev–Trinajstić information content (AvgIpc) is 2.90. The van der Waals surface area contributed by atoms with Crippen LogP contribution in [-0.4, -0.2) is 44.6 Å². The minimum absolute atomic E-state index is 0.0135. The van der Waals surface area contributed by atoms with Gasteiger partial charge in [-0.15, -0.1) is 0 Å². The Labute approximate surface area is 208 Å². The molecule has 4 rings (SSSR count). The monoisotopic (exact) mass is 492 g/mol. The van der Waals surface area contributed by atoms with Crippen LogP contribution in [0.1, 0.15) is 41.0 Å². The van der Waals surface area contributed by atoms with E-state index in [1.54, 1.807) is 11.4 Å². The molecule has 0 atom stereocenters. The molecule has 0 saturated heterocycles. The Morgan fingerprint density at radius 2 is 1.63 bits per heavy atom. The van der Waals surface area contributed by atoms with E-state index in [1.807, 2.05) is 78.9 Å². The number of rotatable bonds is 10.